The topological polar surface area (TPSA) is 111 Å². The number of amides is 1. The number of hydrogen-bond acceptors (Lipinski definition) is 6. The third-order valence-electron chi connectivity index (χ3n) is 15.4. The lowest BCUT2D eigenvalue weighted by atomic mass is 10.0. The Kier molecular flexibility index (Phi) is 56.6. The Morgan fingerprint density at radius 3 is 1.12 bits per heavy atom. The summed E-state index contributed by atoms with van der Waals surface area (Å²) in [4.78, 5) is 37.7. The molecule has 0 spiro atoms. The molecule has 0 aromatic carbocycles. The van der Waals surface area contributed by atoms with Crippen LogP contribution in [0.5, 0.6) is 0 Å². The first-order valence-electron chi connectivity index (χ1n) is 33.7. The Balaban J connectivity index is 5.03. The van der Waals surface area contributed by atoms with Crippen LogP contribution < -0.4 is 5.32 Å². The minimum absolute atomic E-state index is 0.0417. The molecule has 0 fully saturated rings. The van der Waals surface area contributed by atoms with Gasteiger partial charge in [-0.05, 0) is 57.4 Å². The average Bonchev–Trinajstić information content (AvgIpc) is 3.39. The van der Waals surface area contributed by atoms with Crippen LogP contribution in [0.3, 0.4) is 0 Å². The van der Waals surface area contributed by atoms with Crippen LogP contribution in [-0.2, 0) is 27.9 Å². The van der Waals surface area contributed by atoms with Crippen LogP contribution in [0.1, 0.15) is 342 Å². The van der Waals surface area contributed by atoms with Gasteiger partial charge in [0.2, 0.25) is 5.91 Å². The van der Waals surface area contributed by atoms with Gasteiger partial charge in [0.25, 0.3) is 0 Å². The number of ether oxygens (including phenoxy) is 1. The smallest absolute Gasteiger partial charge is 0.456 e. The fourth-order valence-corrected chi connectivity index (χ4v) is 10.9. The zero-order valence-electron chi connectivity index (χ0n) is 52.2. The van der Waals surface area contributed by atoms with E-state index < -0.39 is 20.0 Å². The van der Waals surface area contributed by atoms with E-state index in [0.29, 0.717) is 17.4 Å². The first-order valence-corrected chi connectivity index (χ1v) is 35.2. The van der Waals surface area contributed by atoms with Gasteiger partial charge in [0, 0.05) is 12.8 Å². The highest BCUT2D eigenvalue weighted by Gasteiger charge is 2.30. The van der Waals surface area contributed by atoms with Crippen LogP contribution >= 0.6 is 7.82 Å². The quantitative estimate of drug-likeness (QED) is 0.0205. The molecule has 0 bridgehead atoms. The second-order valence-electron chi connectivity index (χ2n) is 24.4. The molecular weight excluding hydrogens is 976 g/mol. The van der Waals surface area contributed by atoms with Crippen molar-refractivity contribution < 1.29 is 37.3 Å². The van der Waals surface area contributed by atoms with Gasteiger partial charge in [-0.2, -0.15) is 0 Å². The Bertz CT molecular complexity index is 1370. The zero-order chi connectivity index (χ0) is 56.4. The number of hydrogen-bond donors (Lipinski definition) is 2. The number of rotatable bonds is 62. The van der Waals surface area contributed by atoms with Gasteiger partial charge in [-0.3, -0.25) is 18.6 Å². The Morgan fingerprint density at radius 2 is 0.753 bits per heavy atom. The molecule has 1 amide bonds. The van der Waals surface area contributed by atoms with Gasteiger partial charge in [-0.1, -0.05) is 296 Å². The summed E-state index contributed by atoms with van der Waals surface area (Å²) in [5, 5.41) is 3.07. The molecule has 2 N–H and O–H groups in total. The maximum Gasteiger partial charge on any atom is 0.472 e. The molecular formula is C67H132N2O7P+. The van der Waals surface area contributed by atoms with Crippen molar-refractivity contribution in [2.45, 2.75) is 354 Å². The highest BCUT2D eigenvalue weighted by atomic mass is 31.2. The highest BCUT2D eigenvalue weighted by Crippen LogP contribution is 2.43. The van der Waals surface area contributed by atoms with Crippen molar-refractivity contribution in [3.8, 4) is 0 Å². The number of esters is 1. The molecule has 0 aliphatic carbocycles. The second kappa shape index (κ2) is 57.7. The number of carbonyl (C=O) groups excluding carboxylic acids is 2. The van der Waals surface area contributed by atoms with Gasteiger partial charge in [0.05, 0.1) is 33.8 Å². The lowest BCUT2D eigenvalue weighted by Gasteiger charge is -2.27. The van der Waals surface area contributed by atoms with E-state index in [4.69, 9.17) is 13.8 Å². The van der Waals surface area contributed by atoms with Crippen LogP contribution in [0.15, 0.2) is 24.3 Å². The van der Waals surface area contributed by atoms with Gasteiger partial charge >= 0.3 is 13.8 Å². The first kappa shape index (κ1) is 75.5. The van der Waals surface area contributed by atoms with E-state index in [-0.39, 0.29) is 31.5 Å². The molecule has 10 heteroatoms. The van der Waals surface area contributed by atoms with Gasteiger partial charge < -0.3 is 19.4 Å². The van der Waals surface area contributed by atoms with Crippen molar-refractivity contribution in [1.29, 1.82) is 0 Å². The Labute approximate surface area is 479 Å². The number of allylic oxidation sites excluding steroid dienone is 3. The van der Waals surface area contributed by atoms with Gasteiger partial charge in [-0.25, -0.2) is 4.57 Å². The summed E-state index contributed by atoms with van der Waals surface area (Å²) < 4.78 is 30.7. The summed E-state index contributed by atoms with van der Waals surface area (Å²) in [5.41, 5.74) is 0. The zero-order valence-corrected chi connectivity index (χ0v) is 53.1. The third kappa shape index (κ3) is 58.9. The molecule has 3 unspecified atom stereocenters. The van der Waals surface area contributed by atoms with Gasteiger partial charge in [0.1, 0.15) is 19.3 Å². The summed E-state index contributed by atoms with van der Waals surface area (Å²) in [7, 11) is 1.51. The third-order valence-corrected chi connectivity index (χ3v) is 16.4. The standard InChI is InChI=1S/C67H131N2O7P/c1-7-10-13-16-19-22-25-28-30-31-32-33-34-35-36-37-38-39-40-41-44-47-50-53-56-59-66(70)68-64(63-75-77(72,73)74-62-61-69(4,5)6)65(58-55-52-49-46-43-27-24-21-18-15-12-9-3)76-67(71)60-57-54-51-48-45-42-29-26-23-20-17-14-11-8-2/h42,45,55,58,64-65H,7-41,43-44,46-54,56-57,59-63H2,1-6H3,(H-,68,70,72,73)/p+1/b45-42-,58-55-. The molecule has 3 atom stereocenters. The lowest BCUT2D eigenvalue weighted by molar-refractivity contribution is -0.870. The average molecular weight is 1110 g/mol. The van der Waals surface area contributed by atoms with Crippen molar-refractivity contribution in [1.82, 2.24) is 5.32 Å². The normalized spacial score (nSPS) is 13.7. The highest BCUT2D eigenvalue weighted by molar-refractivity contribution is 7.47. The van der Waals surface area contributed by atoms with Crippen LogP contribution in [-0.4, -0.2) is 74.3 Å². The van der Waals surface area contributed by atoms with Crippen molar-refractivity contribution in [2.24, 2.45) is 0 Å². The number of phosphoric ester groups is 1. The van der Waals surface area contributed by atoms with Crippen molar-refractivity contribution in [3.05, 3.63) is 24.3 Å². The Morgan fingerprint density at radius 1 is 0.442 bits per heavy atom. The maximum atomic E-state index is 13.6. The largest absolute Gasteiger partial charge is 0.472 e. The number of nitrogens with zero attached hydrogens (tertiary/aromatic N) is 1. The molecule has 0 aromatic rings. The first-order chi connectivity index (χ1) is 37.4. The van der Waals surface area contributed by atoms with Crippen molar-refractivity contribution >= 4 is 19.7 Å². The summed E-state index contributed by atoms with van der Waals surface area (Å²) in [6.45, 7) is 7.05. The molecule has 0 heterocycles. The summed E-state index contributed by atoms with van der Waals surface area (Å²) in [6, 6.07) is -0.849. The molecule has 0 saturated carbocycles. The molecule has 0 saturated heterocycles. The molecule has 77 heavy (non-hydrogen) atoms. The van der Waals surface area contributed by atoms with Crippen LogP contribution in [0.2, 0.25) is 0 Å². The number of quaternary nitrogens is 1. The van der Waals surface area contributed by atoms with Crippen LogP contribution in [0.4, 0.5) is 0 Å². The van der Waals surface area contributed by atoms with Crippen LogP contribution in [0.25, 0.3) is 0 Å². The number of unbranched alkanes of at least 4 members (excludes halogenated alkanes) is 44. The monoisotopic (exact) mass is 1110 g/mol. The SMILES string of the molecule is CCCCCCCCC/C=C\CCCCCC(=O)OC(/C=C\CCCCCCCCCCCC)C(COP(=O)(O)OCC[N+](C)(C)C)NC(=O)CCCCCCCCCCCCCCCCCCCCCCCCCCC. The predicted octanol–water partition coefficient (Wildman–Crippen LogP) is 20.9. The fourth-order valence-electron chi connectivity index (χ4n) is 10.2. The van der Waals surface area contributed by atoms with Gasteiger partial charge in [-0.15, -0.1) is 0 Å². The number of nitrogens with one attached hydrogen (secondary N) is 1. The molecule has 0 aromatic heterocycles. The Hall–Kier alpha value is -1.51. The summed E-state index contributed by atoms with van der Waals surface area (Å²) in [6.07, 6.45) is 69.1. The molecule has 0 aliphatic rings. The van der Waals surface area contributed by atoms with E-state index in [1.807, 2.05) is 33.3 Å². The molecule has 0 aliphatic heterocycles. The fraction of sp³-hybridized carbons (Fsp3) is 0.910. The summed E-state index contributed by atoms with van der Waals surface area (Å²) in [5.74, 6) is -0.505. The van der Waals surface area contributed by atoms with E-state index in [0.717, 1.165) is 70.6 Å². The van der Waals surface area contributed by atoms with Gasteiger partial charge in [0.15, 0.2) is 0 Å². The van der Waals surface area contributed by atoms with E-state index >= 15 is 0 Å². The van der Waals surface area contributed by atoms with E-state index in [1.165, 1.54) is 238 Å². The number of phosphoric acid groups is 1. The van der Waals surface area contributed by atoms with E-state index in [1.54, 1.807) is 0 Å². The van der Waals surface area contributed by atoms with Crippen molar-refractivity contribution in [2.75, 3.05) is 40.9 Å². The summed E-state index contributed by atoms with van der Waals surface area (Å²) >= 11 is 0. The predicted molar refractivity (Wildman–Crippen MR) is 333 cm³/mol. The minimum Gasteiger partial charge on any atom is -0.456 e. The molecule has 456 valence electrons. The maximum absolute atomic E-state index is 13.6. The number of carbonyl (C=O) groups is 2. The van der Waals surface area contributed by atoms with Crippen molar-refractivity contribution in [3.63, 3.8) is 0 Å². The number of likely N-dealkylation sites (N-methyl/N-ethyl adjacent to an activating group) is 1. The van der Waals surface area contributed by atoms with E-state index in [2.05, 4.69) is 38.2 Å². The molecule has 9 nitrogen and oxygen atoms in total. The molecule has 0 rings (SSSR count). The molecule has 0 radical (unpaired) electrons. The minimum atomic E-state index is -4.45. The van der Waals surface area contributed by atoms with Crippen LogP contribution in [0, 0.1) is 0 Å². The second-order valence-corrected chi connectivity index (χ2v) is 25.8. The van der Waals surface area contributed by atoms with E-state index in [9.17, 15) is 19.0 Å². The lowest BCUT2D eigenvalue weighted by Crippen LogP contribution is -2.47.